The van der Waals surface area contributed by atoms with Crippen molar-refractivity contribution in [3.63, 3.8) is 0 Å². The van der Waals surface area contributed by atoms with Crippen LogP contribution in [0.15, 0.2) is 71.7 Å². The normalized spacial score (nSPS) is 14.3. The first-order valence-corrected chi connectivity index (χ1v) is 12.6. The molecule has 2 N–H and O–H groups in total. The van der Waals surface area contributed by atoms with Crippen LogP contribution < -0.4 is 30.0 Å². The van der Waals surface area contributed by atoms with Crippen LogP contribution in [0.5, 0.6) is 17.2 Å². The molecule has 0 saturated carbocycles. The van der Waals surface area contributed by atoms with E-state index >= 15 is 0 Å². The van der Waals surface area contributed by atoms with Gasteiger partial charge in [0.05, 0.1) is 19.3 Å². The second-order valence-electron chi connectivity index (χ2n) is 9.17. The summed E-state index contributed by atoms with van der Waals surface area (Å²) >= 11 is 0. The maximum atomic E-state index is 13.0. The lowest BCUT2D eigenvalue weighted by molar-refractivity contribution is -0.274. The fourth-order valence-electron chi connectivity index (χ4n) is 4.64. The van der Waals surface area contributed by atoms with Gasteiger partial charge in [-0.1, -0.05) is 6.07 Å². The molecule has 0 radical (unpaired) electrons. The van der Waals surface area contributed by atoms with Crippen molar-refractivity contribution >= 4 is 22.8 Å². The average Bonchev–Trinajstić information content (AvgIpc) is 2.94. The molecular formula is C28H27F3N4O5. The molecule has 0 unspecified atom stereocenters. The predicted octanol–water partition coefficient (Wildman–Crippen LogP) is 4.89. The van der Waals surface area contributed by atoms with Gasteiger partial charge in [-0.25, -0.2) is 4.98 Å². The van der Waals surface area contributed by atoms with Crippen molar-refractivity contribution in [1.29, 1.82) is 0 Å². The number of anilines is 3. The number of methoxy groups -OCH3 is 1. The molecule has 0 atom stereocenters. The van der Waals surface area contributed by atoms with Crippen molar-refractivity contribution in [2.24, 2.45) is 0 Å². The number of aliphatic hydroxyl groups is 1. The van der Waals surface area contributed by atoms with Crippen LogP contribution in [0.3, 0.4) is 0 Å². The van der Waals surface area contributed by atoms with Crippen LogP contribution in [0.25, 0.3) is 5.65 Å². The highest BCUT2D eigenvalue weighted by Gasteiger charge is 2.31. The number of benzene rings is 2. The summed E-state index contributed by atoms with van der Waals surface area (Å²) in [6.07, 6.45) is -1.81. The van der Waals surface area contributed by atoms with E-state index in [4.69, 9.17) is 9.47 Å². The number of fused-ring (bicyclic) bond motifs is 1. The Morgan fingerprint density at radius 3 is 2.45 bits per heavy atom. The molecule has 1 fully saturated rings. The number of hydrogen-bond acceptors (Lipinski definition) is 8. The lowest BCUT2D eigenvalue weighted by Crippen LogP contribution is -2.38. The number of pyridine rings is 1. The molecule has 210 valence electrons. The molecule has 9 nitrogen and oxygen atoms in total. The van der Waals surface area contributed by atoms with Gasteiger partial charge in [-0.2, -0.15) is 0 Å². The zero-order valence-corrected chi connectivity index (χ0v) is 21.5. The molecule has 0 aliphatic carbocycles. The van der Waals surface area contributed by atoms with Gasteiger partial charge >= 0.3 is 6.36 Å². The molecule has 0 spiro atoms. The Morgan fingerprint density at radius 2 is 1.77 bits per heavy atom. The standard InChI is InChI=1S/C28H27F3N4O5/c1-38-24-6-3-13-35-26(24)33-25(23(17-36)27(35)37)32-18-4-2-5-19(16-18)34-14-11-21(12-15-34)39-20-7-9-22(10-8-20)40-28(29,30)31/h2-10,13,16,21,32,36H,11-12,14-15,17H2,1H3. The van der Waals surface area contributed by atoms with E-state index in [0.717, 1.165) is 18.5 Å². The number of hydrogen-bond donors (Lipinski definition) is 2. The number of halogens is 3. The average molecular weight is 557 g/mol. The number of nitrogens with zero attached hydrogens (tertiary/aromatic N) is 3. The third kappa shape index (κ3) is 6.07. The summed E-state index contributed by atoms with van der Waals surface area (Å²) in [6.45, 7) is 0.926. The largest absolute Gasteiger partial charge is 0.573 e. The Morgan fingerprint density at radius 1 is 1.05 bits per heavy atom. The van der Waals surface area contributed by atoms with Gasteiger partial charge in [0.25, 0.3) is 5.56 Å². The smallest absolute Gasteiger partial charge is 0.493 e. The maximum Gasteiger partial charge on any atom is 0.573 e. The monoisotopic (exact) mass is 556 g/mol. The van der Waals surface area contributed by atoms with E-state index < -0.39 is 18.5 Å². The van der Waals surface area contributed by atoms with Gasteiger partial charge < -0.3 is 29.5 Å². The number of piperidine rings is 1. The van der Waals surface area contributed by atoms with Gasteiger partial charge in [-0.15, -0.1) is 13.2 Å². The van der Waals surface area contributed by atoms with Gasteiger partial charge in [-0.3, -0.25) is 9.20 Å². The van der Waals surface area contributed by atoms with Crippen LogP contribution in [0.2, 0.25) is 0 Å². The Bertz CT molecular complexity index is 1530. The molecule has 1 aliphatic heterocycles. The van der Waals surface area contributed by atoms with Crippen molar-refractivity contribution < 1.29 is 32.5 Å². The number of rotatable bonds is 8. The second kappa shape index (κ2) is 11.3. The van der Waals surface area contributed by atoms with E-state index in [0.29, 0.717) is 35.9 Å². The quantitative estimate of drug-likeness (QED) is 0.317. The van der Waals surface area contributed by atoms with Gasteiger partial charge in [0, 0.05) is 43.5 Å². The minimum absolute atomic E-state index is 0.0798. The summed E-state index contributed by atoms with van der Waals surface area (Å²) in [5.41, 5.74) is 1.72. The number of alkyl halides is 3. The summed E-state index contributed by atoms with van der Waals surface area (Å²) < 4.78 is 53.7. The molecule has 1 aliphatic rings. The van der Waals surface area contributed by atoms with Gasteiger partial charge in [0.2, 0.25) is 0 Å². The molecule has 40 heavy (non-hydrogen) atoms. The first kappa shape index (κ1) is 27.1. The van der Waals surface area contributed by atoms with Crippen molar-refractivity contribution in [3.05, 3.63) is 82.8 Å². The number of ether oxygens (including phenoxy) is 3. The van der Waals surface area contributed by atoms with E-state index in [1.165, 1.54) is 35.8 Å². The Balaban J connectivity index is 1.25. The molecule has 2 aromatic carbocycles. The fraction of sp³-hybridized carbons (Fsp3) is 0.286. The Kier molecular flexibility index (Phi) is 7.69. The van der Waals surface area contributed by atoms with Crippen LogP contribution in [-0.2, 0) is 6.61 Å². The third-order valence-corrected chi connectivity index (χ3v) is 6.57. The van der Waals surface area contributed by atoms with Crippen molar-refractivity contribution in [1.82, 2.24) is 9.38 Å². The lowest BCUT2D eigenvalue weighted by atomic mass is 10.1. The summed E-state index contributed by atoms with van der Waals surface area (Å²) in [7, 11) is 1.50. The van der Waals surface area contributed by atoms with E-state index in [2.05, 4.69) is 19.9 Å². The molecule has 3 heterocycles. The van der Waals surface area contributed by atoms with Crippen LogP contribution >= 0.6 is 0 Å². The van der Waals surface area contributed by atoms with E-state index in [1.807, 2.05) is 24.3 Å². The Labute approximate surface area is 227 Å². The highest BCUT2D eigenvalue weighted by molar-refractivity contribution is 5.67. The Hall–Kier alpha value is -4.45. The van der Waals surface area contributed by atoms with E-state index in [1.54, 1.807) is 18.3 Å². The highest BCUT2D eigenvalue weighted by atomic mass is 19.4. The molecule has 2 aromatic heterocycles. The molecule has 12 heteroatoms. The van der Waals surface area contributed by atoms with Crippen LogP contribution in [0.1, 0.15) is 18.4 Å². The molecule has 0 bridgehead atoms. The van der Waals surface area contributed by atoms with Gasteiger partial charge in [0.1, 0.15) is 23.4 Å². The summed E-state index contributed by atoms with van der Waals surface area (Å²) in [5.74, 6) is 0.858. The molecule has 4 aromatic rings. The first-order chi connectivity index (χ1) is 19.2. The van der Waals surface area contributed by atoms with Crippen molar-refractivity contribution in [3.8, 4) is 17.2 Å². The molecule has 1 saturated heterocycles. The minimum atomic E-state index is -4.74. The van der Waals surface area contributed by atoms with Gasteiger partial charge in [-0.05, 0) is 54.6 Å². The predicted molar refractivity (Wildman–Crippen MR) is 143 cm³/mol. The van der Waals surface area contributed by atoms with E-state index in [9.17, 15) is 23.1 Å². The summed E-state index contributed by atoms with van der Waals surface area (Å²) in [6, 6.07) is 16.4. The topological polar surface area (TPSA) is 97.6 Å². The molecular weight excluding hydrogens is 529 g/mol. The summed E-state index contributed by atoms with van der Waals surface area (Å²) in [4.78, 5) is 19.7. The number of aromatic nitrogens is 2. The van der Waals surface area contributed by atoms with Crippen molar-refractivity contribution in [2.75, 3.05) is 30.4 Å². The second-order valence-corrected chi connectivity index (χ2v) is 9.17. The van der Waals surface area contributed by atoms with Crippen LogP contribution in [0, 0.1) is 0 Å². The van der Waals surface area contributed by atoms with Crippen molar-refractivity contribution in [2.45, 2.75) is 31.9 Å². The van der Waals surface area contributed by atoms with Gasteiger partial charge in [0.15, 0.2) is 11.4 Å². The third-order valence-electron chi connectivity index (χ3n) is 6.57. The first-order valence-electron chi connectivity index (χ1n) is 12.6. The highest BCUT2D eigenvalue weighted by Crippen LogP contribution is 2.29. The zero-order valence-electron chi connectivity index (χ0n) is 21.5. The lowest BCUT2D eigenvalue weighted by Gasteiger charge is -2.34. The summed E-state index contributed by atoms with van der Waals surface area (Å²) in [5, 5.41) is 13.1. The van der Waals surface area contributed by atoms with Crippen LogP contribution in [-0.4, -0.2) is 47.2 Å². The van der Waals surface area contributed by atoms with Crippen LogP contribution in [0.4, 0.5) is 30.4 Å². The minimum Gasteiger partial charge on any atom is -0.493 e. The fourth-order valence-corrected chi connectivity index (χ4v) is 4.64. The SMILES string of the molecule is COc1cccn2c(=O)c(CO)c(Nc3cccc(N4CCC(Oc5ccc(OC(F)(F)F)cc5)CC4)c3)nc12. The molecule has 0 amide bonds. The number of nitrogens with one attached hydrogen (secondary N) is 1. The number of aliphatic hydroxyl groups excluding tert-OH is 1. The maximum absolute atomic E-state index is 13.0. The van der Waals surface area contributed by atoms with E-state index in [-0.39, 0.29) is 23.2 Å². The zero-order chi connectivity index (χ0) is 28.3. The molecule has 5 rings (SSSR count).